The number of likely N-dealkylation sites (tertiary alicyclic amines) is 1. The summed E-state index contributed by atoms with van der Waals surface area (Å²) in [5.41, 5.74) is 2.84. The van der Waals surface area contributed by atoms with Crippen LogP contribution in [0.15, 0.2) is 55.0 Å². The minimum absolute atomic E-state index is 0.0223. The van der Waals surface area contributed by atoms with Crippen molar-refractivity contribution >= 4 is 17.2 Å². The molecule has 0 spiro atoms. The van der Waals surface area contributed by atoms with Gasteiger partial charge in [0.2, 0.25) is 5.91 Å². The lowest BCUT2D eigenvalue weighted by Gasteiger charge is -2.32. The Bertz CT molecular complexity index is 860. The fourth-order valence-corrected chi connectivity index (χ4v) is 3.40. The van der Waals surface area contributed by atoms with Gasteiger partial charge in [0.05, 0.1) is 11.6 Å². The van der Waals surface area contributed by atoms with Gasteiger partial charge < -0.3 is 5.32 Å². The summed E-state index contributed by atoms with van der Waals surface area (Å²) in [6, 6.07) is 14.1. The molecule has 1 saturated heterocycles. The monoisotopic (exact) mass is 335 g/mol. The molecule has 1 fully saturated rings. The third-order valence-corrected chi connectivity index (χ3v) is 4.68. The predicted octanol–water partition coefficient (Wildman–Crippen LogP) is 2.58. The maximum Gasteiger partial charge on any atom is 0.228 e. The van der Waals surface area contributed by atoms with Crippen LogP contribution in [0.5, 0.6) is 0 Å². The Labute approximate surface area is 146 Å². The van der Waals surface area contributed by atoms with E-state index in [-0.39, 0.29) is 11.8 Å². The molecule has 1 amide bonds. The summed E-state index contributed by atoms with van der Waals surface area (Å²) in [4.78, 5) is 15.0. The number of hydrogen-bond donors (Lipinski definition) is 1. The van der Waals surface area contributed by atoms with Crippen LogP contribution >= 0.6 is 0 Å². The van der Waals surface area contributed by atoms with Gasteiger partial charge in [-0.1, -0.05) is 30.3 Å². The van der Waals surface area contributed by atoms with E-state index in [1.807, 2.05) is 24.4 Å². The summed E-state index contributed by atoms with van der Waals surface area (Å²) < 4.78 is 1.80. The van der Waals surface area contributed by atoms with E-state index in [2.05, 4.69) is 44.7 Å². The number of aromatic nitrogens is 3. The van der Waals surface area contributed by atoms with E-state index >= 15 is 0 Å². The lowest BCUT2D eigenvalue weighted by atomic mass is 9.96. The smallest absolute Gasteiger partial charge is 0.228 e. The SMILES string of the molecule is O=C(Nc1ccc2nncn2c1)[C@H]1CCCN(Cc2ccccc2)C1. The Kier molecular flexibility index (Phi) is 4.43. The molecule has 0 saturated carbocycles. The zero-order valence-electron chi connectivity index (χ0n) is 14.0. The Balaban J connectivity index is 1.39. The first-order chi connectivity index (χ1) is 12.3. The van der Waals surface area contributed by atoms with Crippen LogP contribution in [0, 0.1) is 5.92 Å². The summed E-state index contributed by atoms with van der Waals surface area (Å²) in [5, 5.41) is 10.9. The molecular formula is C19H21N5O. The van der Waals surface area contributed by atoms with Crippen molar-refractivity contribution in [2.75, 3.05) is 18.4 Å². The number of hydrogen-bond acceptors (Lipinski definition) is 4. The molecule has 6 heteroatoms. The van der Waals surface area contributed by atoms with Gasteiger partial charge in [-0.25, -0.2) is 0 Å². The molecule has 6 nitrogen and oxygen atoms in total. The molecule has 0 radical (unpaired) electrons. The number of benzene rings is 1. The second kappa shape index (κ2) is 7.03. The van der Waals surface area contributed by atoms with Crippen molar-refractivity contribution in [3.05, 3.63) is 60.6 Å². The van der Waals surface area contributed by atoms with Crippen molar-refractivity contribution in [1.82, 2.24) is 19.5 Å². The summed E-state index contributed by atoms with van der Waals surface area (Å²) in [6.07, 6.45) is 5.46. The number of nitrogens with zero attached hydrogens (tertiary/aromatic N) is 4. The largest absolute Gasteiger partial charge is 0.324 e. The van der Waals surface area contributed by atoms with Crippen molar-refractivity contribution < 1.29 is 4.79 Å². The Hall–Kier alpha value is -2.73. The maximum atomic E-state index is 12.7. The fraction of sp³-hybridized carbons (Fsp3) is 0.316. The number of amides is 1. The number of fused-ring (bicyclic) bond motifs is 1. The van der Waals surface area contributed by atoms with Crippen LogP contribution in [0.25, 0.3) is 5.65 Å². The van der Waals surface area contributed by atoms with Crippen LogP contribution in [0.2, 0.25) is 0 Å². The molecule has 3 heterocycles. The van der Waals surface area contributed by atoms with Gasteiger partial charge in [-0.3, -0.25) is 14.1 Å². The molecule has 2 aromatic heterocycles. The second-order valence-corrected chi connectivity index (χ2v) is 6.56. The molecule has 0 aliphatic carbocycles. The van der Waals surface area contributed by atoms with Crippen molar-refractivity contribution in [3.63, 3.8) is 0 Å². The van der Waals surface area contributed by atoms with Crippen molar-refractivity contribution in [2.24, 2.45) is 5.92 Å². The Morgan fingerprint density at radius 1 is 1.20 bits per heavy atom. The molecule has 1 N–H and O–H groups in total. The van der Waals surface area contributed by atoms with E-state index in [9.17, 15) is 4.79 Å². The summed E-state index contributed by atoms with van der Waals surface area (Å²) >= 11 is 0. The van der Waals surface area contributed by atoms with Crippen LogP contribution in [0.4, 0.5) is 5.69 Å². The number of nitrogens with one attached hydrogen (secondary N) is 1. The van der Waals surface area contributed by atoms with Gasteiger partial charge in [-0.2, -0.15) is 0 Å². The standard InChI is InChI=1S/C19H21N5O/c25-19(21-17-8-9-18-22-20-14-24(18)13-17)16-7-4-10-23(12-16)11-15-5-2-1-3-6-15/h1-3,5-6,8-9,13-14,16H,4,7,10-12H2,(H,21,25)/t16-/m0/s1. The fourth-order valence-electron chi connectivity index (χ4n) is 3.40. The Morgan fingerprint density at radius 2 is 2.08 bits per heavy atom. The van der Waals surface area contributed by atoms with Gasteiger partial charge >= 0.3 is 0 Å². The van der Waals surface area contributed by atoms with E-state index in [1.54, 1.807) is 10.7 Å². The highest BCUT2D eigenvalue weighted by Crippen LogP contribution is 2.20. The topological polar surface area (TPSA) is 62.5 Å². The number of piperidine rings is 1. The highest BCUT2D eigenvalue weighted by atomic mass is 16.1. The van der Waals surface area contributed by atoms with Crippen molar-refractivity contribution in [3.8, 4) is 0 Å². The zero-order valence-corrected chi connectivity index (χ0v) is 14.0. The molecule has 0 bridgehead atoms. The van der Waals surface area contributed by atoms with E-state index in [0.717, 1.165) is 43.8 Å². The van der Waals surface area contributed by atoms with Crippen LogP contribution < -0.4 is 5.32 Å². The minimum atomic E-state index is 0.0223. The van der Waals surface area contributed by atoms with Crippen LogP contribution in [-0.4, -0.2) is 38.5 Å². The molecule has 128 valence electrons. The van der Waals surface area contributed by atoms with E-state index in [0.29, 0.717) is 0 Å². The molecule has 4 rings (SSSR count). The number of rotatable bonds is 4. The molecule has 0 unspecified atom stereocenters. The van der Waals surface area contributed by atoms with Crippen LogP contribution in [0.3, 0.4) is 0 Å². The number of carbonyl (C=O) groups is 1. The van der Waals surface area contributed by atoms with E-state index in [4.69, 9.17) is 0 Å². The van der Waals surface area contributed by atoms with Crippen LogP contribution in [0.1, 0.15) is 18.4 Å². The molecule has 3 aromatic rings. The second-order valence-electron chi connectivity index (χ2n) is 6.56. The first-order valence-corrected chi connectivity index (χ1v) is 8.64. The van der Waals surface area contributed by atoms with Gasteiger partial charge in [0.15, 0.2) is 5.65 Å². The highest BCUT2D eigenvalue weighted by Gasteiger charge is 2.25. The van der Waals surface area contributed by atoms with Gasteiger partial charge in [0.25, 0.3) is 0 Å². The molecular weight excluding hydrogens is 314 g/mol. The molecule has 1 atom stereocenters. The number of pyridine rings is 1. The normalized spacial score (nSPS) is 18.3. The van der Waals surface area contributed by atoms with E-state index in [1.165, 1.54) is 5.56 Å². The van der Waals surface area contributed by atoms with Crippen molar-refractivity contribution in [2.45, 2.75) is 19.4 Å². The third kappa shape index (κ3) is 3.69. The van der Waals surface area contributed by atoms with Gasteiger partial charge in [-0.15, -0.1) is 10.2 Å². The average molecular weight is 335 g/mol. The number of carbonyl (C=O) groups excluding carboxylic acids is 1. The predicted molar refractivity (Wildman–Crippen MR) is 96.1 cm³/mol. The van der Waals surface area contributed by atoms with Gasteiger partial charge in [0, 0.05) is 19.3 Å². The lowest BCUT2D eigenvalue weighted by Crippen LogP contribution is -2.40. The van der Waals surface area contributed by atoms with Gasteiger partial charge in [-0.05, 0) is 37.1 Å². The first-order valence-electron chi connectivity index (χ1n) is 8.64. The molecule has 1 aliphatic heterocycles. The van der Waals surface area contributed by atoms with Crippen LogP contribution in [-0.2, 0) is 11.3 Å². The third-order valence-electron chi connectivity index (χ3n) is 4.68. The summed E-state index contributed by atoms with van der Waals surface area (Å²) in [6.45, 7) is 2.75. The zero-order chi connectivity index (χ0) is 17.1. The molecule has 25 heavy (non-hydrogen) atoms. The average Bonchev–Trinajstić information content (AvgIpc) is 3.10. The number of anilines is 1. The summed E-state index contributed by atoms with van der Waals surface area (Å²) in [5.74, 6) is 0.110. The molecule has 1 aromatic carbocycles. The van der Waals surface area contributed by atoms with Gasteiger partial charge in [0.1, 0.15) is 6.33 Å². The van der Waals surface area contributed by atoms with E-state index < -0.39 is 0 Å². The lowest BCUT2D eigenvalue weighted by molar-refractivity contribution is -0.121. The first kappa shape index (κ1) is 15.8. The minimum Gasteiger partial charge on any atom is -0.324 e. The molecule has 1 aliphatic rings. The maximum absolute atomic E-state index is 12.7. The quantitative estimate of drug-likeness (QED) is 0.796. The summed E-state index contributed by atoms with van der Waals surface area (Å²) in [7, 11) is 0. The highest BCUT2D eigenvalue weighted by molar-refractivity contribution is 5.92. The Morgan fingerprint density at radius 3 is 2.96 bits per heavy atom. The van der Waals surface area contributed by atoms with Crippen molar-refractivity contribution in [1.29, 1.82) is 0 Å².